The third-order valence-corrected chi connectivity index (χ3v) is 17.2. The van der Waals surface area contributed by atoms with Gasteiger partial charge in [0, 0.05) is 92.6 Å². The van der Waals surface area contributed by atoms with Gasteiger partial charge in [-0.25, -0.2) is 18.5 Å². The first-order valence-electron chi connectivity index (χ1n) is 28.1. The van der Waals surface area contributed by atoms with Crippen LogP contribution in [-0.4, -0.2) is 48.5 Å². The summed E-state index contributed by atoms with van der Waals surface area (Å²) >= 11 is 29.2. The van der Waals surface area contributed by atoms with Crippen molar-refractivity contribution in [1.82, 2.24) is 9.97 Å². The van der Waals surface area contributed by atoms with Gasteiger partial charge in [0.05, 0.1) is 44.7 Å². The van der Waals surface area contributed by atoms with Crippen LogP contribution in [0, 0.1) is 0 Å². The van der Waals surface area contributed by atoms with E-state index in [4.69, 9.17) is 70.5 Å². The maximum atomic E-state index is 15.1. The van der Waals surface area contributed by atoms with Crippen molar-refractivity contribution in [3.05, 3.63) is 226 Å². The molecular formula is C72H48Cl4F3N3O10S. The zero-order valence-corrected chi connectivity index (χ0v) is 53.0. The first kappa shape index (κ1) is 64.7. The molecule has 0 aliphatic heterocycles. The van der Waals surface area contributed by atoms with Gasteiger partial charge >= 0.3 is 24.1 Å². The fraction of sp³-hybridized carbons (Fsp3) is 0.0694. The van der Waals surface area contributed by atoms with E-state index in [0.717, 1.165) is 6.07 Å². The minimum Gasteiger partial charge on any atom is -0.506 e. The molecular weight excluding hydrogens is 1300 g/mol. The average Bonchev–Trinajstić information content (AvgIpc) is 0.742. The van der Waals surface area contributed by atoms with Crippen LogP contribution in [0.3, 0.4) is 0 Å². The average molecular weight is 1350 g/mol. The predicted octanol–water partition coefficient (Wildman–Crippen LogP) is 18.9. The van der Waals surface area contributed by atoms with Gasteiger partial charge in [0.1, 0.15) is 34.4 Å². The van der Waals surface area contributed by atoms with Gasteiger partial charge in [0.2, 0.25) is 10.0 Å². The van der Waals surface area contributed by atoms with Gasteiger partial charge in [0.15, 0.2) is 0 Å². The summed E-state index contributed by atoms with van der Waals surface area (Å²) in [6.07, 6.45) is -3.80. The second kappa shape index (κ2) is 26.4. The molecule has 13 nitrogen and oxygen atoms in total. The first-order valence-corrected chi connectivity index (χ1v) is 31.1. The molecule has 0 radical (unpaired) electrons. The van der Waals surface area contributed by atoms with E-state index < -0.39 is 39.8 Å². The molecule has 3 N–H and O–H groups in total. The Morgan fingerprint density at radius 3 is 1.66 bits per heavy atom. The number of carbonyl (C=O) groups is 3. The minimum atomic E-state index is -4.98. The highest BCUT2D eigenvalue weighted by Gasteiger charge is 2.35. The van der Waals surface area contributed by atoms with Crippen molar-refractivity contribution in [3.8, 4) is 140 Å². The molecule has 0 saturated carbocycles. The number of hydrogen-bond acceptors (Lipinski definition) is 12. The number of aromatic nitrogens is 2. The van der Waals surface area contributed by atoms with Gasteiger partial charge in [-0.1, -0.05) is 162 Å². The van der Waals surface area contributed by atoms with Gasteiger partial charge in [0.25, 0.3) is 0 Å². The molecule has 11 aromatic rings. The predicted molar refractivity (Wildman–Crippen MR) is 355 cm³/mol. The van der Waals surface area contributed by atoms with Gasteiger partial charge in [-0.15, -0.1) is 0 Å². The molecule has 0 aliphatic carbocycles. The zero-order valence-electron chi connectivity index (χ0n) is 49.2. The summed E-state index contributed by atoms with van der Waals surface area (Å²) in [7, 11) is -2.61. The van der Waals surface area contributed by atoms with Gasteiger partial charge in [-0.05, 0) is 112 Å². The van der Waals surface area contributed by atoms with Crippen LogP contribution in [-0.2, 0) is 30.6 Å². The van der Waals surface area contributed by atoms with E-state index in [2.05, 4.69) is 9.97 Å². The van der Waals surface area contributed by atoms with Crippen LogP contribution in [0.1, 0.15) is 26.5 Å². The summed E-state index contributed by atoms with van der Waals surface area (Å²) in [6.45, 7) is 3.73. The van der Waals surface area contributed by atoms with Crippen LogP contribution in [0.2, 0.25) is 20.1 Å². The molecule has 11 rings (SSSR count). The Bertz CT molecular complexity index is 4990. The minimum absolute atomic E-state index is 0.00111. The van der Waals surface area contributed by atoms with Crippen LogP contribution in [0.15, 0.2) is 205 Å². The molecule has 0 spiro atoms. The number of halogens is 7. The van der Waals surface area contributed by atoms with Crippen molar-refractivity contribution in [3.63, 3.8) is 0 Å². The van der Waals surface area contributed by atoms with Crippen molar-refractivity contribution in [1.29, 1.82) is 0 Å². The molecule has 0 atom stereocenters. The highest BCUT2D eigenvalue weighted by Crippen LogP contribution is 2.56. The number of hydrogen-bond donors (Lipinski definition) is 2. The van der Waals surface area contributed by atoms with Crippen molar-refractivity contribution >= 4 is 74.3 Å². The van der Waals surface area contributed by atoms with Crippen LogP contribution in [0.5, 0.6) is 28.7 Å². The van der Waals surface area contributed by atoms with E-state index in [1.165, 1.54) is 76.5 Å². The molecule has 2 heterocycles. The molecule has 0 aliphatic rings. The second-order valence-corrected chi connectivity index (χ2v) is 24.2. The summed E-state index contributed by atoms with van der Waals surface area (Å²) in [5.74, 6) is -1.62. The second-order valence-electron chi connectivity index (χ2n) is 21.0. The molecule has 9 aromatic carbocycles. The van der Waals surface area contributed by atoms with Crippen LogP contribution in [0.25, 0.3) is 112 Å². The van der Waals surface area contributed by atoms with Gasteiger partial charge < -0.3 is 24.1 Å². The zero-order chi connectivity index (χ0) is 66.2. The molecule has 21 heteroatoms. The normalized spacial score (nSPS) is 11.5. The number of rotatable bonds is 15. The Balaban J connectivity index is 1.17. The summed E-state index contributed by atoms with van der Waals surface area (Å²) in [5, 5.41) is 16.8. The van der Waals surface area contributed by atoms with E-state index >= 15 is 13.2 Å². The van der Waals surface area contributed by atoms with E-state index in [0.29, 0.717) is 72.0 Å². The number of benzene rings is 9. The molecule has 0 amide bonds. The van der Waals surface area contributed by atoms with E-state index in [1.54, 1.807) is 146 Å². The topological polar surface area (TPSA) is 194 Å². The number of aromatic hydroxyl groups is 1. The fourth-order valence-electron chi connectivity index (χ4n) is 11.1. The third-order valence-electron chi connectivity index (χ3n) is 14.9. The SMILES string of the molecule is COc1cccc(-c2cc(-c3cccc(OC(C)=O)c3-c3cccc(-c4ccc(C(F)(F)F)nc4-c4cccc(-c5cc(O)cnc5-c5cccc(-c6cccc(S(N)(=O)=O)c6)c5Cl)c4Cl)c3Cl)c(-c3cccc(Cl)c3)c(-c3cccc(OC(C)=O)c3)c2OC(C)=O)c1. The van der Waals surface area contributed by atoms with Crippen LogP contribution >= 0.6 is 46.4 Å². The van der Waals surface area contributed by atoms with Crippen LogP contribution in [0.4, 0.5) is 13.2 Å². The Morgan fingerprint density at radius 1 is 0.473 bits per heavy atom. The highest BCUT2D eigenvalue weighted by atomic mass is 35.5. The van der Waals surface area contributed by atoms with Gasteiger partial charge in [-0.3, -0.25) is 19.4 Å². The lowest BCUT2D eigenvalue weighted by molar-refractivity contribution is -0.141. The quantitative estimate of drug-likeness (QED) is 0.0729. The molecule has 0 saturated heterocycles. The molecule has 2 aromatic heterocycles. The number of primary sulfonamides is 1. The standard InChI is InChI=1S/C72H48Cl4F3N3O10S/c1-38(83)90-48-19-7-16-44(33-48)64-63(43-15-5-17-45(73)31-43)59(36-58(71(64)92-40(3)85)41-13-6-18-47(32-41)89-4)51-22-12-28-61(91-39(2)84)65(51)55-25-10-23-52(67(55)75)54-29-30-62(72(77,78)79)82-70(54)57-27-11-24-53(68(57)76)60-35-46(86)37-81-69(60)56-26-9-21-50(66(56)74)42-14-8-20-49(34-42)93(80,87)88/h5-37,86H,1-4H3,(H2,80,87,88). The monoisotopic (exact) mass is 1340 g/mol. The summed E-state index contributed by atoms with van der Waals surface area (Å²) < 4.78 is 93.6. The number of carbonyl (C=O) groups excluding carboxylic acids is 3. The largest absolute Gasteiger partial charge is 0.506 e. The lowest BCUT2D eigenvalue weighted by atomic mass is 9.81. The number of alkyl halides is 3. The number of methoxy groups -OCH3 is 1. The lowest BCUT2D eigenvalue weighted by Gasteiger charge is -2.25. The van der Waals surface area contributed by atoms with E-state index in [1.807, 2.05) is 0 Å². The number of pyridine rings is 2. The number of sulfonamides is 1. The highest BCUT2D eigenvalue weighted by molar-refractivity contribution is 7.89. The maximum absolute atomic E-state index is 15.1. The van der Waals surface area contributed by atoms with E-state index in [9.17, 15) is 27.9 Å². The lowest BCUT2D eigenvalue weighted by Crippen LogP contribution is -2.11. The Kier molecular flexibility index (Phi) is 18.4. The summed E-state index contributed by atoms with van der Waals surface area (Å²) in [5.41, 5.74) is 3.99. The van der Waals surface area contributed by atoms with Crippen molar-refractivity contribution in [2.75, 3.05) is 7.11 Å². The first-order chi connectivity index (χ1) is 44.4. The summed E-state index contributed by atoms with van der Waals surface area (Å²) in [4.78, 5) is 48.0. The maximum Gasteiger partial charge on any atom is 0.433 e. The van der Waals surface area contributed by atoms with Crippen LogP contribution < -0.4 is 24.1 Å². The molecule has 0 bridgehead atoms. The molecule has 466 valence electrons. The number of nitrogens with zero attached hydrogens (tertiary/aromatic N) is 2. The Hall–Kier alpha value is -9.85. The third kappa shape index (κ3) is 13.4. The number of esters is 3. The fourth-order valence-corrected chi connectivity index (χ4v) is 12.8. The molecule has 0 unspecified atom stereocenters. The molecule has 0 fully saturated rings. The summed E-state index contributed by atoms with van der Waals surface area (Å²) in [6, 6.07) is 50.9. The van der Waals surface area contributed by atoms with Gasteiger partial charge in [-0.2, -0.15) is 13.2 Å². The number of nitrogens with two attached hydrogens (primary N) is 1. The van der Waals surface area contributed by atoms with E-state index in [-0.39, 0.29) is 93.3 Å². The van der Waals surface area contributed by atoms with Crippen molar-refractivity contribution in [2.45, 2.75) is 31.8 Å². The Labute approximate surface area is 551 Å². The van der Waals surface area contributed by atoms with Crippen molar-refractivity contribution in [2.24, 2.45) is 5.14 Å². The molecule has 93 heavy (non-hydrogen) atoms. The van der Waals surface area contributed by atoms with Crippen molar-refractivity contribution < 1.29 is 60.0 Å². The smallest absolute Gasteiger partial charge is 0.433 e. The number of ether oxygens (including phenoxy) is 4. The Morgan fingerprint density at radius 2 is 1.00 bits per heavy atom.